The molecule has 1 aliphatic rings. The molecule has 3 nitrogen and oxygen atoms in total. The Morgan fingerprint density at radius 3 is 2.69 bits per heavy atom. The van der Waals surface area contributed by atoms with Gasteiger partial charge in [-0.15, -0.1) is 0 Å². The van der Waals surface area contributed by atoms with E-state index in [1.807, 2.05) is 6.92 Å². The monoisotopic (exact) mass is 200 g/mol. The van der Waals surface area contributed by atoms with Gasteiger partial charge in [0.1, 0.15) is 0 Å². The molecule has 0 aliphatic heterocycles. The van der Waals surface area contributed by atoms with E-state index in [0.717, 1.165) is 6.54 Å². The van der Waals surface area contributed by atoms with Gasteiger partial charge < -0.3 is 11.1 Å². The SMILES string of the molecule is CCC(C(=O)NCC1CC1)C(N)=S. The second-order valence-electron chi connectivity index (χ2n) is 3.55. The summed E-state index contributed by atoms with van der Waals surface area (Å²) in [6, 6.07) is 0. The predicted octanol–water partition coefficient (Wildman–Crippen LogP) is 0.825. The van der Waals surface area contributed by atoms with Crippen molar-refractivity contribution in [1.29, 1.82) is 0 Å². The maximum Gasteiger partial charge on any atom is 0.229 e. The smallest absolute Gasteiger partial charge is 0.229 e. The Labute approximate surface area is 84.1 Å². The Morgan fingerprint density at radius 2 is 2.31 bits per heavy atom. The van der Waals surface area contributed by atoms with Crippen molar-refractivity contribution in [3.8, 4) is 0 Å². The standard InChI is InChI=1S/C9H16N2OS/c1-2-7(8(10)13)9(12)11-5-6-3-4-6/h6-7H,2-5H2,1H3,(H2,10,13)(H,11,12). The van der Waals surface area contributed by atoms with Crippen LogP contribution in [0.3, 0.4) is 0 Å². The van der Waals surface area contributed by atoms with Crippen molar-refractivity contribution in [1.82, 2.24) is 5.32 Å². The summed E-state index contributed by atoms with van der Waals surface area (Å²) in [7, 11) is 0. The summed E-state index contributed by atoms with van der Waals surface area (Å²) in [6.45, 7) is 2.71. The van der Waals surface area contributed by atoms with Crippen LogP contribution in [0, 0.1) is 11.8 Å². The highest BCUT2D eigenvalue weighted by Gasteiger charge is 2.24. The molecule has 0 aromatic heterocycles. The second-order valence-corrected chi connectivity index (χ2v) is 4.02. The zero-order valence-electron chi connectivity index (χ0n) is 7.88. The van der Waals surface area contributed by atoms with Gasteiger partial charge in [0.05, 0.1) is 10.9 Å². The molecule has 1 amide bonds. The Bertz CT molecular complexity index is 214. The van der Waals surface area contributed by atoms with Gasteiger partial charge in [-0.1, -0.05) is 19.1 Å². The Kier molecular flexibility index (Phi) is 3.66. The van der Waals surface area contributed by atoms with Gasteiger partial charge in [-0.3, -0.25) is 4.79 Å². The normalized spacial score (nSPS) is 17.9. The van der Waals surface area contributed by atoms with Crippen molar-refractivity contribution in [3.05, 3.63) is 0 Å². The maximum absolute atomic E-state index is 11.5. The van der Waals surface area contributed by atoms with Crippen LogP contribution >= 0.6 is 12.2 Å². The zero-order valence-corrected chi connectivity index (χ0v) is 8.69. The number of amides is 1. The highest BCUT2D eigenvalue weighted by atomic mass is 32.1. The van der Waals surface area contributed by atoms with Gasteiger partial charge in [-0.05, 0) is 25.2 Å². The van der Waals surface area contributed by atoms with Crippen LogP contribution in [0.4, 0.5) is 0 Å². The maximum atomic E-state index is 11.5. The fraction of sp³-hybridized carbons (Fsp3) is 0.778. The molecule has 1 aliphatic carbocycles. The first kappa shape index (κ1) is 10.4. The van der Waals surface area contributed by atoms with Gasteiger partial charge in [0, 0.05) is 6.54 Å². The summed E-state index contributed by atoms with van der Waals surface area (Å²) in [5.41, 5.74) is 5.44. The molecule has 1 atom stereocenters. The van der Waals surface area contributed by atoms with Crippen molar-refractivity contribution in [2.45, 2.75) is 26.2 Å². The van der Waals surface area contributed by atoms with Gasteiger partial charge in [-0.25, -0.2) is 0 Å². The first-order valence-corrected chi connectivity index (χ1v) is 5.13. The van der Waals surface area contributed by atoms with E-state index in [1.54, 1.807) is 0 Å². The van der Waals surface area contributed by atoms with Gasteiger partial charge >= 0.3 is 0 Å². The van der Waals surface area contributed by atoms with Crippen molar-refractivity contribution in [3.63, 3.8) is 0 Å². The average molecular weight is 200 g/mol. The van der Waals surface area contributed by atoms with Crippen molar-refractivity contribution in [2.24, 2.45) is 17.6 Å². The molecule has 3 N–H and O–H groups in total. The van der Waals surface area contributed by atoms with E-state index >= 15 is 0 Å². The molecule has 1 unspecified atom stereocenters. The molecule has 0 aromatic rings. The van der Waals surface area contributed by atoms with Crippen molar-refractivity contribution >= 4 is 23.1 Å². The number of nitrogens with one attached hydrogen (secondary N) is 1. The third-order valence-electron chi connectivity index (χ3n) is 2.33. The largest absolute Gasteiger partial charge is 0.393 e. The van der Waals surface area contributed by atoms with Crippen molar-refractivity contribution in [2.75, 3.05) is 6.54 Å². The fourth-order valence-electron chi connectivity index (χ4n) is 1.21. The quantitative estimate of drug-likeness (QED) is 0.646. The lowest BCUT2D eigenvalue weighted by Gasteiger charge is -2.12. The highest BCUT2D eigenvalue weighted by Crippen LogP contribution is 2.27. The van der Waals surface area contributed by atoms with Crippen LogP contribution in [0.15, 0.2) is 0 Å². The lowest BCUT2D eigenvalue weighted by molar-refractivity contribution is -0.123. The molecule has 1 saturated carbocycles. The number of rotatable bonds is 5. The number of nitrogens with two attached hydrogens (primary N) is 1. The van der Waals surface area contributed by atoms with E-state index in [4.69, 9.17) is 18.0 Å². The molecule has 4 heteroatoms. The highest BCUT2D eigenvalue weighted by molar-refractivity contribution is 7.80. The Balaban J connectivity index is 2.29. The summed E-state index contributed by atoms with van der Waals surface area (Å²) >= 11 is 4.80. The first-order valence-electron chi connectivity index (χ1n) is 4.72. The van der Waals surface area contributed by atoms with Crippen LogP contribution in [0.25, 0.3) is 0 Å². The van der Waals surface area contributed by atoms with Crippen LogP contribution in [-0.4, -0.2) is 17.4 Å². The fourth-order valence-corrected chi connectivity index (χ4v) is 1.48. The Hall–Kier alpha value is -0.640. The number of carbonyl (C=O) groups is 1. The minimum Gasteiger partial charge on any atom is -0.393 e. The third-order valence-corrected chi connectivity index (χ3v) is 2.61. The van der Waals surface area contributed by atoms with Crippen molar-refractivity contribution < 1.29 is 4.79 Å². The van der Waals surface area contributed by atoms with Gasteiger partial charge in [-0.2, -0.15) is 0 Å². The van der Waals surface area contributed by atoms with E-state index in [0.29, 0.717) is 17.3 Å². The molecule has 0 aromatic carbocycles. The molecular formula is C9H16N2OS. The number of carbonyl (C=O) groups excluding carboxylic acids is 1. The molecule has 0 spiro atoms. The van der Waals surface area contributed by atoms with E-state index in [9.17, 15) is 4.79 Å². The van der Waals surface area contributed by atoms with E-state index in [-0.39, 0.29) is 11.8 Å². The topological polar surface area (TPSA) is 55.1 Å². The third kappa shape index (κ3) is 3.30. The summed E-state index contributed by atoms with van der Waals surface area (Å²) in [6.07, 6.45) is 3.17. The van der Waals surface area contributed by atoms with E-state index in [1.165, 1.54) is 12.8 Å². The molecule has 13 heavy (non-hydrogen) atoms. The van der Waals surface area contributed by atoms with Gasteiger partial charge in [0.25, 0.3) is 0 Å². The summed E-state index contributed by atoms with van der Waals surface area (Å²) in [4.78, 5) is 11.8. The second kappa shape index (κ2) is 4.56. The van der Waals surface area contributed by atoms with E-state index < -0.39 is 0 Å². The number of thiocarbonyl (C=S) groups is 1. The minimum atomic E-state index is -0.284. The summed E-state index contributed by atoms with van der Waals surface area (Å²) in [5, 5.41) is 2.87. The summed E-state index contributed by atoms with van der Waals surface area (Å²) in [5.74, 6) is 0.406. The molecule has 1 rings (SSSR count). The molecule has 1 fully saturated rings. The summed E-state index contributed by atoms with van der Waals surface area (Å²) < 4.78 is 0. The molecule has 0 saturated heterocycles. The van der Waals surface area contributed by atoms with Crippen LogP contribution < -0.4 is 11.1 Å². The van der Waals surface area contributed by atoms with Crippen LogP contribution in [0.5, 0.6) is 0 Å². The number of hydrogen-bond donors (Lipinski definition) is 2. The molecule has 0 radical (unpaired) electrons. The lowest BCUT2D eigenvalue weighted by atomic mass is 10.1. The van der Waals surface area contributed by atoms with Crippen LogP contribution in [0.2, 0.25) is 0 Å². The molecule has 0 heterocycles. The lowest BCUT2D eigenvalue weighted by Crippen LogP contribution is -2.38. The van der Waals surface area contributed by atoms with E-state index in [2.05, 4.69) is 5.32 Å². The van der Waals surface area contributed by atoms with Crippen LogP contribution in [-0.2, 0) is 4.79 Å². The van der Waals surface area contributed by atoms with Gasteiger partial charge in [0.15, 0.2) is 0 Å². The minimum absolute atomic E-state index is 0.0121. The first-order chi connectivity index (χ1) is 6.15. The zero-order chi connectivity index (χ0) is 9.84. The average Bonchev–Trinajstić information content (AvgIpc) is 2.84. The predicted molar refractivity (Wildman–Crippen MR) is 56.3 cm³/mol. The molecule has 74 valence electrons. The molecular weight excluding hydrogens is 184 g/mol. The molecule has 0 bridgehead atoms. The number of hydrogen-bond acceptors (Lipinski definition) is 2. The van der Waals surface area contributed by atoms with Gasteiger partial charge in [0.2, 0.25) is 5.91 Å². The Morgan fingerprint density at radius 1 is 1.69 bits per heavy atom. The van der Waals surface area contributed by atoms with Crippen LogP contribution in [0.1, 0.15) is 26.2 Å².